The summed E-state index contributed by atoms with van der Waals surface area (Å²) in [5, 5.41) is 0.139. The van der Waals surface area contributed by atoms with Crippen LogP contribution in [0, 0.1) is 0 Å². The minimum atomic E-state index is -3.27. The van der Waals surface area contributed by atoms with Gasteiger partial charge in [-0.15, -0.1) is 0 Å². The van der Waals surface area contributed by atoms with Crippen LogP contribution in [-0.4, -0.2) is 35.7 Å². The first-order chi connectivity index (χ1) is 10.2. The molecule has 0 N–H and O–H groups in total. The first-order valence-electron chi connectivity index (χ1n) is 7.53. The molecule has 0 spiro atoms. The van der Waals surface area contributed by atoms with Gasteiger partial charge in [0.15, 0.2) is 18.2 Å². The van der Waals surface area contributed by atoms with E-state index in [1.807, 2.05) is 6.92 Å². The third-order valence-electron chi connectivity index (χ3n) is 4.06. The number of sulfone groups is 1. The highest BCUT2D eigenvalue weighted by atomic mass is 79.9. The first-order valence-corrected chi connectivity index (χ1v) is 13.1. The number of hydrogen-bond acceptors (Lipinski definition) is 4. The van der Waals surface area contributed by atoms with Crippen molar-refractivity contribution in [3.05, 3.63) is 22.7 Å². The minimum absolute atomic E-state index is 0.0587. The van der Waals surface area contributed by atoms with Crippen LogP contribution >= 0.6 is 15.9 Å². The average Bonchev–Trinajstić information content (AvgIpc) is 2.32. The van der Waals surface area contributed by atoms with E-state index in [0.29, 0.717) is 16.8 Å². The fraction of sp³-hybridized carbons (Fsp3) is 0.625. The monoisotopic (exact) mass is 422 g/mol. The molecule has 1 aromatic carbocycles. The molecule has 0 amide bonds. The molecule has 0 aliphatic rings. The lowest BCUT2D eigenvalue weighted by Crippen LogP contribution is -2.44. The number of ether oxygens (including phenoxy) is 1. The van der Waals surface area contributed by atoms with E-state index in [-0.39, 0.29) is 16.0 Å². The van der Waals surface area contributed by atoms with Gasteiger partial charge in [0.05, 0.1) is 11.0 Å². The van der Waals surface area contributed by atoms with E-state index in [1.54, 1.807) is 18.2 Å². The minimum Gasteiger partial charge on any atom is -0.491 e. The normalized spacial score (nSPS) is 14.6. The molecule has 1 aromatic rings. The van der Waals surface area contributed by atoms with Gasteiger partial charge in [-0.25, -0.2) is 8.42 Å². The fourth-order valence-electron chi connectivity index (χ4n) is 1.76. The largest absolute Gasteiger partial charge is 0.491 e. The Bertz CT molecular complexity index is 651. The smallest absolute Gasteiger partial charge is 0.192 e. The average molecular weight is 423 g/mol. The first kappa shape index (κ1) is 20.7. The highest BCUT2D eigenvalue weighted by Gasteiger charge is 2.38. The van der Waals surface area contributed by atoms with Crippen molar-refractivity contribution in [3.63, 3.8) is 0 Å². The summed E-state index contributed by atoms with van der Waals surface area (Å²) in [7, 11) is -5.11. The second-order valence-corrected chi connectivity index (χ2v) is 15.1. The van der Waals surface area contributed by atoms with Crippen LogP contribution in [0.15, 0.2) is 27.6 Å². The van der Waals surface area contributed by atoms with Crippen molar-refractivity contribution in [1.82, 2.24) is 0 Å². The second-order valence-electron chi connectivity index (χ2n) is 7.39. The Balaban J connectivity index is 2.78. The van der Waals surface area contributed by atoms with Crippen molar-refractivity contribution in [1.29, 1.82) is 0 Å². The Labute approximate surface area is 149 Å². The zero-order valence-electron chi connectivity index (χ0n) is 14.9. The Hall–Kier alpha value is -0.373. The van der Waals surface area contributed by atoms with E-state index < -0.39 is 18.2 Å². The molecule has 0 bridgehead atoms. The van der Waals surface area contributed by atoms with Crippen molar-refractivity contribution in [2.45, 2.75) is 56.8 Å². The van der Waals surface area contributed by atoms with Gasteiger partial charge >= 0.3 is 0 Å². The highest BCUT2D eigenvalue weighted by molar-refractivity contribution is 9.10. The Kier molecular flexibility index (Phi) is 6.52. The van der Waals surface area contributed by atoms with Crippen molar-refractivity contribution >= 4 is 34.1 Å². The predicted octanol–water partition coefficient (Wildman–Crippen LogP) is 4.64. The van der Waals surface area contributed by atoms with E-state index in [1.165, 1.54) is 6.26 Å². The Morgan fingerprint density at radius 2 is 1.78 bits per heavy atom. The molecule has 0 aromatic heterocycles. The molecular weight excluding hydrogens is 396 g/mol. The van der Waals surface area contributed by atoms with Gasteiger partial charge in [0.25, 0.3) is 0 Å². The molecule has 23 heavy (non-hydrogen) atoms. The molecule has 0 heterocycles. The van der Waals surface area contributed by atoms with Crippen molar-refractivity contribution in [2.75, 3.05) is 12.9 Å². The molecule has 0 fully saturated rings. The maximum Gasteiger partial charge on any atom is 0.192 e. The Morgan fingerprint density at radius 3 is 2.26 bits per heavy atom. The zero-order valence-corrected chi connectivity index (χ0v) is 18.3. The van der Waals surface area contributed by atoms with Crippen LogP contribution < -0.4 is 4.74 Å². The van der Waals surface area contributed by atoms with Gasteiger partial charge in [0.1, 0.15) is 12.4 Å². The van der Waals surface area contributed by atoms with Crippen LogP contribution in [0.2, 0.25) is 18.1 Å². The van der Waals surface area contributed by atoms with Crippen LogP contribution in [0.1, 0.15) is 27.7 Å². The summed E-state index contributed by atoms with van der Waals surface area (Å²) in [5.74, 6) is 0.519. The molecule has 1 atom stereocenters. The lowest BCUT2D eigenvalue weighted by molar-refractivity contribution is 0.129. The summed E-state index contributed by atoms with van der Waals surface area (Å²) in [5.41, 5.74) is 0. The molecule has 0 aliphatic carbocycles. The molecule has 0 aliphatic heterocycles. The molecule has 0 saturated heterocycles. The van der Waals surface area contributed by atoms with E-state index in [9.17, 15) is 8.42 Å². The SMILES string of the molecule is C[C@@H](COc1cc(Br)cc(S(C)(=O)=O)c1)O[Si](C)(C)C(C)(C)C. The van der Waals surface area contributed by atoms with Gasteiger partial charge in [-0.05, 0) is 43.3 Å². The molecule has 7 heteroatoms. The third kappa shape index (κ3) is 6.21. The predicted molar refractivity (Wildman–Crippen MR) is 100 cm³/mol. The lowest BCUT2D eigenvalue weighted by atomic mass is 10.2. The molecule has 1 rings (SSSR count). The number of halogens is 1. The molecular formula is C16H27BrO4SSi. The van der Waals surface area contributed by atoms with E-state index in [4.69, 9.17) is 9.16 Å². The van der Waals surface area contributed by atoms with Gasteiger partial charge in [-0.3, -0.25) is 0 Å². The third-order valence-corrected chi connectivity index (χ3v) is 10.2. The summed E-state index contributed by atoms with van der Waals surface area (Å²) in [6, 6.07) is 4.87. The lowest BCUT2D eigenvalue weighted by Gasteiger charge is -2.38. The van der Waals surface area contributed by atoms with E-state index in [2.05, 4.69) is 49.8 Å². The summed E-state index contributed by atoms with van der Waals surface area (Å²) in [4.78, 5) is 0.236. The maximum absolute atomic E-state index is 11.7. The molecule has 0 saturated carbocycles. The van der Waals surface area contributed by atoms with Crippen molar-refractivity contribution in [3.8, 4) is 5.75 Å². The molecule has 0 unspecified atom stereocenters. The second kappa shape index (κ2) is 7.25. The van der Waals surface area contributed by atoms with Gasteiger partial charge < -0.3 is 9.16 Å². The van der Waals surface area contributed by atoms with Gasteiger partial charge in [-0.1, -0.05) is 36.7 Å². The number of benzene rings is 1. The molecule has 132 valence electrons. The summed E-state index contributed by atoms with van der Waals surface area (Å²) < 4.78 is 36.0. The number of hydrogen-bond donors (Lipinski definition) is 0. The fourth-order valence-corrected chi connectivity index (χ4v) is 4.48. The summed E-state index contributed by atoms with van der Waals surface area (Å²) in [6.07, 6.45) is 1.12. The van der Waals surface area contributed by atoms with Gasteiger partial charge in [0, 0.05) is 10.7 Å². The molecule has 4 nitrogen and oxygen atoms in total. The Morgan fingerprint density at radius 1 is 1.22 bits per heavy atom. The van der Waals surface area contributed by atoms with Crippen LogP contribution in [0.25, 0.3) is 0 Å². The zero-order chi connectivity index (χ0) is 18.1. The van der Waals surface area contributed by atoms with Crippen LogP contribution in [0.3, 0.4) is 0 Å². The standard InChI is InChI=1S/C16H27BrO4SSi/c1-12(21-23(6,7)16(2,3)4)11-20-14-8-13(17)9-15(10-14)22(5,18)19/h8-10,12H,11H2,1-7H3/t12-/m0/s1. The van der Waals surface area contributed by atoms with E-state index in [0.717, 1.165) is 0 Å². The van der Waals surface area contributed by atoms with Gasteiger partial charge in [-0.2, -0.15) is 0 Å². The van der Waals surface area contributed by atoms with E-state index >= 15 is 0 Å². The highest BCUT2D eigenvalue weighted by Crippen LogP contribution is 2.37. The van der Waals surface area contributed by atoms with Crippen LogP contribution in [0.5, 0.6) is 5.75 Å². The number of rotatable bonds is 6. The van der Waals surface area contributed by atoms with Crippen molar-refractivity contribution in [2.24, 2.45) is 0 Å². The topological polar surface area (TPSA) is 52.6 Å². The summed E-state index contributed by atoms with van der Waals surface area (Å²) >= 11 is 3.32. The van der Waals surface area contributed by atoms with Crippen LogP contribution in [-0.2, 0) is 14.3 Å². The van der Waals surface area contributed by atoms with Crippen LogP contribution in [0.4, 0.5) is 0 Å². The quantitative estimate of drug-likeness (QED) is 0.626. The maximum atomic E-state index is 11.7. The molecule has 0 radical (unpaired) electrons. The van der Waals surface area contributed by atoms with Crippen molar-refractivity contribution < 1.29 is 17.6 Å². The van der Waals surface area contributed by atoms with Gasteiger partial charge in [0.2, 0.25) is 0 Å². The summed E-state index contributed by atoms with van der Waals surface area (Å²) in [6.45, 7) is 13.3.